The lowest BCUT2D eigenvalue weighted by molar-refractivity contribution is 0.142. The Hall–Kier alpha value is -1.07. The molecule has 0 atom stereocenters. The van der Waals surface area contributed by atoms with Crippen molar-refractivity contribution in [2.75, 3.05) is 18.0 Å². The summed E-state index contributed by atoms with van der Waals surface area (Å²) < 4.78 is 0. The molecule has 0 bridgehead atoms. The Morgan fingerprint density at radius 2 is 2.38 bits per heavy atom. The number of hydrogen-bond donors (Lipinski definition) is 2. The van der Waals surface area contributed by atoms with Crippen LogP contribution in [0.3, 0.4) is 0 Å². The van der Waals surface area contributed by atoms with Crippen LogP contribution in [0.25, 0.3) is 0 Å². The second-order valence-electron chi connectivity index (χ2n) is 2.96. The van der Waals surface area contributed by atoms with E-state index in [1.165, 1.54) is 6.20 Å². The lowest BCUT2D eigenvalue weighted by atomic mass is 10.1. The van der Waals surface area contributed by atoms with Gasteiger partial charge in [0.1, 0.15) is 5.02 Å². The molecule has 2 N–H and O–H groups in total. The number of aromatic nitrogens is 2. The van der Waals surface area contributed by atoms with Crippen LogP contribution in [0.4, 0.5) is 5.69 Å². The summed E-state index contributed by atoms with van der Waals surface area (Å²) in [6, 6.07) is 0. The number of hydrogen-bond acceptors (Lipinski definition) is 4. The highest BCUT2D eigenvalue weighted by Gasteiger charge is 2.26. The smallest absolute Gasteiger partial charge is 0.285 e. The van der Waals surface area contributed by atoms with Crippen LogP contribution in [0.15, 0.2) is 11.0 Å². The largest absolute Gasteiger partial charge is 0.389 e. The topological polar surface area (TPSA) is 69.2 Å². The molecule has 1 aliphatic heterocycles. The van der Waals surface area contributed by atoms with Crippen molar-refractivity contribution < 1.29 is 5.11 Å². The first-order valence-electron chi connectivity index (χ1n) is 3.84. The summed E-state index contributed by atoms with van der Waals surface area (Å²) in [6.07, 6.45) is 1.16. The minimum atomic E-state index is -0.402. The van der Waals surface area contributed by atoms with Gasteiger partial charge < -0.3 is 10.0 Å². The Labute approximate surface area is 78.9 Å². The zero-order valence-corrected chi connectivity index (χ0v) is 7.45. The second kappa shape index (κ2) is 3.01. The van der Waals surface area contributed by atoms with Gasteiger partial charge >= 0.3 is 0 Å². The molecule has 5 nitrogen and oxygen atoms in total. The van der Waals surface area contributed by atoms with Crippen molar-refractivity contribution in [2.45, 2.75) is 6.10 Å². The lowest BCUT2D eigenvalue weighted by Gasteiger charge is -2.37. The summed E-state index contributed by atoms with van der Waals surface area (Å²) in [7, 11) is 0. The molecule has 1 aliphatic rings. The number of nitrogens with zero attached hydrogens (tertiary/aromatic N) is 2. The molecular weight excluding hydrogens is 194 g/mol. The molecular formula is C7H8ClN3O2. The summed E-state index contributed by atoms with van der Waals surface area (Å²) in [5, 5.41) is 15.0. The highest BCUT2D eigenvalue weighted by atomic mass is 35.5. The maximum absolute atomic E-state index is 11.0. The number of aliphatic hydroxyl groups excluding tert-OH is 1. The van der Waals surface area contributed by atoms with Gasteiger partial charge in [0.15, 0.2) is 0 Å². The van der Waals surface area contributed by atoms with E-state index in [0.717, 1.165) is 0 Å². The summed E-state index contributed by atoms with van der Waals surface area (Å²) in [5.41, 5.74) is 0.177. The van der Waals surface area contributed by atoms with E-state index in [1.54, 1.807) is 4.90 Å². The van der Waals surface area contributed by atoms with Crippen molar-refractivity contribution in [1.82, 2.24) is 10.2 Å². The van der Waals surface area contributed by atoms with E-state index in [0.29, 0.717) is 18.8 Å². The number of anilines is 1. The Morgan fingerprint density at radius 1 is 1.69 bits per heavy atom. The van der Waals surface area contributed by atoms with Crippen LogP contribution in [-0.4, -0.2) is 34.5 Å². The van der Waals surface area contributed by atoms with E-state index in [1.807, 2.05) is 0 Å². The van der Waals surface area contributed by atoms with Crippen LogP contribution in [0, 0.1) is 0 Å². The van der Waals surface area contributed by atoms with Crippen molar-refractivity contribution in [2.24, 2.45) is 0 Å². The lowest BCUT2D eigenvalue weighted by Crippen LogP contribution is -2.51. The molecule has 13 heavy (non-hydrogen) atoms. The molecule has 0 spiro atoms. The summed E-state index contributed by atoms with van der Waals surface area (Å²) in [5.74, 6) is 0. The van der Waals surface area contributed by atoms with Crippen molar-refractivity contribution in [3.63, 3.8) is 0 Å². The molecule has 1 fully saturated rings. The third-order valence-corrected chi connectivity index (χ3v) is 2.35. The zero-order valence-electron chi connectivity index (χ0n) is 6.70. The van der Waals surface area contributed by atoms with E-state index in [9.17, 15) is 4.79 Å². The van der Waals surface area contributed by atoms with Crippen molar-refractivity contribution in [3.05, 3.63) is 21.6 Å². The number of rotatable bonds is 1. The standard InChI is InChI=1S/C7H8ClN3O2/c8-6-5(1-9-10-7(6)13)11-2-4(12)3-11/h1,4,12H,2-3H2,(H,10,13). The molecule has 1 aromatic heterocycles. The van der Waals surface area contributed by atoms with E-state index >= 15 is 0 Å². The number of H-pyrrole nitrogens is 1. The van der Waals surface area contributed by atoms with Gasteiger partial charge in [0, 0.05) is 13.1 Å². The quantitative estimate of drug-likeness (QED) is 0.649. The minimum absolute atomic E-state index is 0.127. The Morgan fingerprint density at radius 3 is 3.00 bits per heavy atom. The summed E-state index contributed by atoms with van der Waals surface area (Å²) >= 11 is 5.74. The molecule has 0 radical (unpaired) electrons. The van der Waals surface area contributed by atoms with Crippen molar-refractivity contribution in [3.8, 4) is 0 Å². The van der Waals surface area contributed by atoms with Gasteiger partial charge in [0.05, 0.1) is 18.0 Å². The van der Waals surface area contributed by atoms with Crippen molar-refractivity contribution in [1.29, 1.82) is 0 Å². The van der Waals surface area contributed by atoms with Gasteiger partial charge in [0.2, 0.25) is 0 Å². The first-order valence-corrected chi connectivity index (χ1v) is 4.22. The van der Waals surface area contributed by atoms with Gasteiger partial charge in [-0.15, -0.1) is 0 Å². The maximum atomic E-state index is 11.0. The van der Waals surface area contributed by atoms with Crippen LogP contribution < -0.4 is 10.5 Å². The van der Waals surface area contributed by atoms with Gasteiger partial charge in [-0.2, -0.15) is 5.10 Å². The predicted octanol–water partition coefficient (Wildman–Crippen LogP) is -0.396. The van der Waals surface area contributed by atoms with Crippen LogP contribution in [0.5, 0.6) is 0 Å². The van der Waals surface area contributed by atoms with Gasteiger partial charge in [0.25, 0.3) is 5.56 Å². The molecule has 1 saturated heterocycles. The first-order chi connectivity index (χ1) is 6.18. The van der Waals surface area contributed by atoms with Crippen LogP contribution >= 0.6 is 11.6 Å². The normalized spacial score (nSPS) is 17.2. The third-order valence-electron chi connectivity index (χ3n) is 1.98. The number of aromatic amines is 1. The second-order valence-corrected chi connectivity index (χ2v) is 3.34. The van der Waals surface area contributed by atoms with E-state index < -0.39 is 5.56 Å². The van der Waals surface area contributed by atoms with E-state index in [2.05, 4.69) is 10.2 Å². The number of β-amino-alcohol motifs (C(OH)–C–C–N with tert-alkyl or cyclic N) is 1. The fraction of sp³-hybridized carbons (Fsp3) is 0.429. The molecule has 2 rings (SSSR count). The molecule has 0 saturated carbocycles. The molecule has 0 aliphatic carbocycles. The fourth-order valence-electron chi connectivity index (χ4n) is 1.25. The van der Waals surface area contributed by atoms with Gasteiger partial charge in [-0.3, -0.25) is 4.79 Å². The summed E-state index contributed by atoms with van der Waals surface area (Å²) in [4.78, 5) is 12.8. The van der Waals surface area contributed by atoms with E-state index in [4.69, 9.17) is 16.7 Å². The Kier molecular flexibility index (Phi) is 1.97. The number of nitrogens with one attached hydrogen (secondary N) is 1. The van der Waals surface area contributed by atoms with Gasteiger partial charge in [-0.25, -0.2) is 5.10 Å². The molecule has 2 heterocycles. The fourth-order valence-corrected chi connectivity index (χ4v) is 1.46. The van der Waals surface area contributed by atoms with Crippen LogP contribution in [0.2, 0.25) is 5.02 Å². The highest BCUT2D eigenvalue weighted by Crippen LogP contribution is 2.24. The molecule has 0 aromatic carbocycles. The maximum Gasteiger partial charge on any atom is 0.285 e. The molecule has 0 amide bonds. The molecule has 1 aromatic rings. The van der Waals surface area contributed by atoms with Gasteiger partial charge in [-0.1, -0.05) is 11.6 Å². The summed E-state index contributed by atoms with van der Waals surface area (Å²) in [6.45, 7) is 1.01. The van der Waals surface area contributed by atoms with Gasteiger partial charge in [-0.05, 0) is 0 Å². The minimum Gasteiger partial charge on any atom is -0.389 e. The monoisotopic (exact) mass is 201 g/mol. The SMILES string of the molecule is O=c1[nH]ncc(N2CC(O)C2)c1Cl. The number of aliphatic hydroxyl groups is 1. The van der Waals surface area contributed by atoms with Crippen molar-refractivity contribution >= 4 is 17.3 Å². The zero-order chi connectivity index (χ0) is 9.42. The van der Waals surface area contributed by atoms with Crippen LogP contribution in [0.1, 0.15) is 0 Å². The predicted molar refractivity (Wildman–Crippen MR) is 48.1 cm³/mol. The number of halogens is 1. The molecule has 0 unspecified atom stereocenters. The average molecular weight is 202 g/mol. The van der Waals surface area contributed by atoms with Crippen LogP contribution in [-0.2, 0) is 0 Å². The first kappa shape index (κ1) is 8.52. The molecule has 6 heteroatoms. The molecule has 70 valence electrons. The van der Waals surface area contributed by atoms with E-state index in [-0.39, 0.29) is 11.1 Å². The Balaban J connectivity index is 2.31. The Bertz CT molecular complexity index is 372. The highest BCUT2D eigenvalue weighted by molar-refractivity contribution is 6.33. The third kappa shape index (κ3) is 1.40. The average Bonchev–Trinajstić information content (AvgIpc) is 2.05.